The summed E-state index contributed by atoms with van der Waals surface area (Å²) in [6.45, 7) is 6.27. The van der Waals surface area contributed by atoms with Crippen LogP contribution in [0.5, 0.6) is 5.75 Å². The molecule has 1 aromatic rings. The van der Waals surface area contributed by atoms with Crippen molar-refractivity contribution < 1.29 is 28.6 Å². The molecule has 192 valence electrons. The normalized spacial score (nSPS) is 23.7. The standard InChI is InChI=1S/C26H37N3O6/c1-18(2)14-23(30)28-11-9-26(10-12-28)29(25(32)19-6-4-7-20(15-19)33-3)22(17-35-26)24(31)27-16-21-8-5-13-34-21/h4,6-7,15,18,21-22H,5,8-14,16-17H2,1-3H3,(H,27,31)/t21-,22-/m1/s1. The molecule has 4 rings (SSSR count). The average molecular weight is 488 g/mol. The lowest BCUT2D eigenvalue weighted by Crippen LogP contribution is -2.60. The molecular formula is C26H37N3O6. The first-order valence-corrected chi connectivity index (χ1v) is 12.6. The topological polar surface area (TPSA) is 97.4 Å². The van der Waals surface area contributed by atoms with Gasteiger partial charge in [0.1, 0.15) is 17.5 Å². The smallest absolute Gasteiger partial charge is 0.257 e. The number of nitrogens with zero attached hydrogens (tertiary/aromatic N) is 2. The molecule has 1 spiro atoms. The molecule has 3 saturated heterocycles. The van der Waals surface area contributed by atoms with Crippen LogP contribution < -0.4 is 10.1 Å². The molecule has 35 heavy (non-hydrogen) atoms. The number of carbonyl (C=O) groups is 3. The summed E-state index contributed by atoms with van der Waals surface area (Å²) in [5.74, 6) is 0.444. The van der Waals surface area contributed by atoms with Gasteiger partial charge in [-0.25, -0.2) is 0 Å². The number of carbonyl (C=O) groups excluding carboxylic acids is 3. The van der Waals surface area contributed by atoms with E-state index in [9.17, 15) is 14.4 Å². The SMILES string of the molecule is COc1cccc(C(=O)N2[C@@H](C(=O)NC[C@H]3CCCO3)COC23CCN(C(=O)CC(C)C)CC3)c1. The van der Waals surface area contributed by atoms with E-state index >= 15 is 0 Å². The van der Waals surface area contributed by atoms with E-state index < -0.39 is 11.8 Å². The Morgan fingerprint density at radius 3 is 2.66 bits per heavy atom. The highest BCUT2D eigenvalue weighted by Crippen LogP contribution is 2.39. The first-order valence-electron chi connectivity index (χ1n) is 12.6. The summed E-state index contributed by atoms with van der Waals surface area (Å²) in [6, 6.07) is 6.18. The summed E-state index contributed by atoms with van der Waals surface area (Å²) in [6.07, 6.45) is 3.33. The van der Waals surface area contributed by atoms with E-state index in [0.717, 1.165) is 12.8 Å². The second kappa shape index (κ2) is 11.0. The summed E-state index contributed by atoms with van der Waals surface area (Å²) in [7, 11) is 1.55. The third kappa shape index (κ3) is 5.62. The number of ether oxygens (including phenoxy) is 3. The van der Waals surface area contributed by atoms with Gasteiger partial charge in [0.2, 0.25) is 11.8 Å². The number of piperidine rings is 1. The Hall–Kier alpha value is -2.65. The van der Waals surface area contributed by atoms with Gasteiger partial charge in [0.25, 0.3) is 5.91 Å². The number of nitrogens with one attached hydrogen (secondary N) is 1. The molecule has 0 aliphatic carbocycles. The number of hydrogen-bond donors (Lipinski definition) is 1. The summed E-state index contributed by atoms with van der Waals surface area (Å²) in [4.78, 5) is 43.2. The maximum absolute atomic E-state index is 13.8. The first kappa shape index (κ1) is 25.4. The Labute approximate surface area is 207 Å². The molecule has 3 amide bonds. The molecule has 3 heterocycles. The van der Waals surface area contributed by atoms with Gasteiger partial charge in [0, 0.05) is 51.1 Å². The van der Waals surface area contributed by atoms with Crippen molar-refractivity contribution in [3.8, 4) is 5.75 Å². The molecule has 0 saturated carbocycles. The van der Waals surface area contributed by atoms with Crippen molar-refractivity contribution in [2.24, 2.45) is 5.92 Å². The van der Waals surface area contributed by atoms with Crippen LogP contribution in [0.15, 0.2) is 24.3 Å². The van der Waals surface area contributed by atoms with E-state index in [-0.39, 0.29) is 36.4 Å². The highest BCUT2D eigenvalue weighted by molar-refractivity contribution is 5.98. The van der Waals surface area contributed by atoms with Crippen LogP contribution in [0.2, 0.25) is 0 Å². The van der Waals surface area contributed by atoms with E-state index in [2.05, 4.69) is 5.32 Å². The second-order valence-corrected chi connectivity index (χ2v) is 10.0. The summed E-state index contributed by atoms with van der Waals surface area (Å²) in [5.41, 5.74) is -0.495. The van der Waals surface area contributed by atoms with Gasteiger partial charge < -0.3 is 24.4 Å². The fourth-order valence-electron chi connectivity index (χ4n) is 5.18. The largest absolute Gasteiger partial charge is 0.497 e. The third-order valence-electron chi connectivity index (χ3n) is 7.11. The second-order valence-electron chi connectivity index (χ2n) is 10.0. The Morgan fingerprint density at radius 1 is 1.23 bits per heavy atom. The minimum absolute atomic E-state index is 0.00739. The van der Waals surface area contributed by atoms with E-state index in [0.29, 0.717) is 56.8 Å². The lowest BCUT2D eigenvalue weighted by molar-refractivity contribution is -0.144. The molecule has 1 N–H and O–H groups in total. The Bertz CT molecular complexity index is 921. The van der Waals surface area contributed by atoms with E-state index in [1.807, 2.05) is 18.7 Å². The fraction of sp³-hybridized carbons (Fsp3) is 0.654. The highest BCUT2D eigenvalue weighted by Gasteiger charge is 2.54. The van der Waals surface area contributed by atoms with Crippen molar-refractivity contribution in [1.29, 1.82) is 0 Å². The molecule has 2 atom stereocenters. The molecule has 9 nitrogen and oxygen atoms in total. The van der Waals surface area contributed by atoms with Gasteiger partial charge in [-0.3, -0.25) is 19.3 Å². The van der Waals surface area contributed by atoms with Crippen molar-refractivity contribution in [2.75, 3.05) is 40.0 Å². The minimum atomic E-state index is -0.930. The minimum Gasteiger partial charge on any atom is -0.497 e. The third-order valence-corrected chi connectivity index (χ3v) is 7.11. The van der Waals surface area contributed by atoms with Gasteiger partial charge in [-0.2, -0.15) is 0 Å². The van der Waals surface area contributed by atoms with Crippen LogP contribution in [0.3, 0.4) is 0 Å². The van der Waals surface area contributed by atoms with Crippen molar-refractivity contribution in [3.63, 3.8) is 0 Å². The molecule has 0 radical (unpaired) electrons. The number of benzene rings is 1. The maximum atomic E-state index is 13.8. The molecule has 3 aliphatic heterocycles. The lowest BCUT2D eigenvalue weighted by atomic mass is 9.96. The molecule has 3 fully saturated rings. The molecule has 9 heteroatoms. The van der Waals surface area contributed by atoms with Crippen LogP contribution in [0.4, 0.5) is 0 Å². The van der Waals surface area contributed by atoms with Crippen molar-refractivity contribution in [1.82, 2.24) is 15.1 Å². The predicted octanol–water partition coefficient (Wildman–Crippen LogP) is 2.20. The van der Waals surface area contributed by atoms with E-state index in [1.54, 1.807) is 36.3 Å². The van der Waals surface area contributed by atoms with Crippen LogP contribution in [-0.4, -0.2) is 85.3 Å². The molecule has 3 aliphatic rings. The van der Waals surface area contributed by atoms with Gasteiger partial charge in [-0.1, -0.05) is 19.9 Å². The fourth-order valence-corrected chi connectivity index (χ4v) is 5.18. The van der Waals surface area contributed by atoms with Gasteiger partial charge in [0.05, 0.1) is 19.8 Å². The van der Waals surface area contributed by atoms with Crippen molar-refractivity contribution in [2.45, 2.75) is 63.8 Å². The Balaban J connectivity index is 1.54. The zero-order valence-corrected chi connectivity index (χ0v) is 21.0. The van der Waals surface area contributed by atoms with Gasteiger partial charge in [-0.05, 0) is 37.0 Å². The van der Waals surface area contributed by atoms with Crippen LogP contribution in [0.1, 0.15) is 56.3 Å². The van der Waals surface area contributed by atoms with Gasteiger partial charge in [0.15, 0.2) is 0 Å². The molecule has 0 unspecified atom stereocenters. The number of hydrogen-bond acceptors (Lipinski definition) is 6. The lowest BCUT2D eigenvalue weighted by Gasteiger charge is -2.44. The first-order chi connectivity index (χ1) is 16.8. The number of amides is 3. The van der Waals surface area contributed by atoms with Crippen LogP contribution in [-0.2, 0) is 19.1 Å². The van der Waals surface area contributed by atoms with Crippen molar-refractivity contribution >= 4 is 17.7 Å². The number of methoxy groups -OCH3 is 1. The van der Waals surface area contributed by atoms with Gasteiger partial charge >= 0.3 is 0 Å². The summed E-state index contributed by atoms with van der Waals surface area (Å²) >= 11 is 0. The zero-order chi connectivity index (χ0) is 25.0. The molecular weight excluding hydrogens is 450 g/mol. The predicted molar refractivity (Wildman–Crippen MR) is 129 cm³/mol. The molecule has 1 aromatic carbocycles. The molecule has 0 aromatic heterocycles. The monoisotopic (exact) mass is 487 g/mol. The zero-order valence-electron chi connectivity index (χ0n) is 21.0. The molecule has 0 bridgehead atoms. The number of likely N-dealkylation sites (tertiary alicyclic amines) is 1. The summed E-state index contributed by atoms with van der Waals surface area (Å²) in [5, 5.41) is 2.97. The number of rotatable bonds is 7. The maximum Gasteiger partial charge on any atom is 0.257 e. The summed E-state index contributed by atoms with van der Waals surface area (Å²) < 4.78 is 17.2. The van der Waals surface area contributed by atoms with E-state index in [4.69, 9.17) is 14.2 Å². The van der Waals surface area contributed by atoms with Gasteiger partial charge in [-0.15, -0.1) is 0 Å². The quantitative estimate of drug-likeness (QED) is 0.633. The van der Waals surface area contributed by atoms with Crippen LogP contribution >= 0.6 is 0 Å². The van der Waals surface area contributed by atoms with Crippen LogP contribution in [0, 0.1) is 5.92 Å². The Morgan fingerprint density at radius 2 is 2.00 bits per heavy atom. The average Bonchev–Trinajstić information content (AvgIpc) is 3.50. The van der Waals surface area contributed by atoms with E-state index in [1.165, 1.54) is 0 Å². The Kier molecular flexibility index (Phi) is 7.96. The highest BCUT2D eigenvalue weighted by atomic mass is 16.5. The van der Waals surface area contributed by atoms with Crippen LogP contribution in [0.25, 0.3) is 0 Å². The van der Waals surface area contributed by atoms with Crippen molar-refractivity contribution in [3.05, 3.63) is 29.8 Å².